The Morgan fingerprint density at radius 3 is 2.43 bits per heavy atom. The van der Waals surface area contributed by atoms with Gasteiger partial charge in [-0.25, -0.2) is 4.79 Å². The second kappa shape index (κ2) is 13.9. The van der Waals surface area contributed by atoms with Gasteiger partial charge in [-0.05, 0) is 105 Å². The number of carbonyl (C=O) groups excluding carboxylic acids is 2. The van der Waals surface area contributed by atoms with Crippen molar-refractivity contribution in [2.45, 2.75) is 84.9 Å². The molecule has 5 rings (SSSR count). The molecule has 232 valence electrons. The van der Waals surface area contributed by atoms with Crippen LogP contribution >= 0.6 is 11.6 Å². The van der Waals surface area contributed by atoms with Crippen LogP contribution in [-0.2, 0) is 28.9 Å². The predicted octanol–water partition coefficient (Wildman–Crippen LogP) is 8.38. The van der Waals surface area contributed by atoms with E-state index in [1.807, 2.05) is 31.2 Å². The highest BCUT2D eigenvalue weighted by atomic mass is 35.5. The smallest absolute Gasteiger partial charge is 0.346 e. The number of rotatable bonds is 13. The van der Waals surface area contributed by atoms with Gasteiger partial charge >= 0.3 is 5.97 Å². The second-order valence-corrected chi connectivity index (χ2v) is 12.5. The van der Waals surface area contributed by atoms with E-state index in [0.717, 1.165) is 35.0 Å². The number of esters is 1. The molecule has 44 heavy (non-hydrogen) atoms. The number of benzene rings is 3. The van der Waals surface area contributed by atoms with Crippen molar-refractivity contribution in [3.63, 3.8) is 0 Å². The number of aromatic nitrogens is 1. The Balaban J connectivity index is 1.39. The van der Waals surface area contributed by atoms with Crippen LogP contribution < -0.4 is 10.1 Å². The summed E-state index contributed by atoms with van der Waals surface area (Å²) in [5.41, 5.74) is 7.59. The van der Waals surface area contributed by atoms with E-state index in [9.17, 15) is 9.59 Å². The van der Waals surface area contributed by atoms with Gasteiger partial charge in [-0.2, -0.15) is 0 Å². The molecule has 0 unspecified atom stereocenters. The maximum absolute atomic E-state index is 13.5. The highest BCUT2D eigenvalue weighted by Crippen LogP contribution is 2.36. The summed E-state index contributed by atoms with van der Waals surface area (Å²) in [6.07, 6.45) is 5.81. The van der Waals surface area contributed by atoms with Gasteiger partial charge in [0.1, 0.15) is 5.75 Å². The molecule has 1 N–H and O–H groups in total. The van der Waals surface area contributed by atoms with Crippen LogP contribution in [0.15, 0.2) is 60.7 Å². The van der Waals surface area contributed by atoms with Gasteiger partial charge in [0.15, 0.2) is 6.10 Å². The van der Waals surface area contributed by atoms with Crippen LogP contribution in [0.1, 0.15) is 90.8 Å². The second-order valence-electron chi connectivity index (χ2n) is 12.1. The predicted molar refractivity (Wildman–Crippen MR) is 177 cm³/mol. The standard InChI is InChI=1S/C37H43ClN2O4/c1-6-7-8-26-11-14-29(15-12-26)23(2)39-36(41)30-16-17-31-32(24(3)40(34(31)21-30)22-27-9-10-27)19-28-13-18-33(38)35(20-28)44-25(4)37(42)43-5/h11-18,20-21,23,25,27H,6-10,19,22H2,1-5H3,(H,39,41)/t23-,25+/m0/s1. The fraction of sp³-hybridized carbons (Fsp3) is 0.405. The molecule has 0 radical (unpaired) electrons. The van der Waals surface area contributed by atoms with Crippen LogP contribution in [0.3, 0.4) is 0 Å². The molecule has 0 bridgehead atoms. The first-order valence-electron chi connectivity index (χ1n) is 15.7. The van der Waals surface area contributed by atoms with E-state index in [-0.39, 0.29) is 11.9 Å². The molecule has 0 saturated heterocycles. The molecular formula is C37H43ClN2O4. The van der Waals surface area contributed by atoms with E-state index in [1.54, 1.807) is 13.0 Å². The quantitative estimate of drug-likeness (QED) is 0.154. The maximum Gasteiger partial charge on any atom is 0.346 e. The van der Waals surface area contributed by atoms with Gasteiger partial charge in [0.2, 0.25) is 0 Å². The third-order valence-corrected chi connectivity index (χ3v) is 9.03. The van der Waals surface area contributed by atoms with Gasteiger partial charge in [-0.3, -0.25) is 4.79 Å². The number of nitrogens with one attached hydrogen (secondary N) is 1. The Labute approximate surface area is 265 Å². The molecule has 2 atom stereocenters. The largest absolute Gasteiger partial charge is 0.477 e. The highest BCUT2D eigenvalue weighted by Gasteiger charge is 2.26. The number of nitrogens with zero attached hydrogens (tertiary/aromatic N) is 1. The topological polar surface area (TPSA) is 69.6 Å². The summed E-state index contributed by atoms with van der Waals surface area (Å²) < 4.78 is 13.0. The van der Waals surface area contributed by atoms with E-state index in [4.69, 9.17) is 21.1 Å². The van der Waals surface area contributed by atoms with E-state index in [2.05, 4.69) is 54.1 Å². The fourth-order valence-electron chi connectivity index (χ4n) is 5.78. The zero-order valence-electron chi connectivity index (χ0n) is 26.4. The minimum Gasteiger partial charge on any atom is -0.477 e. The number of halogens is 1. The fourth-order valence-corrected chi connectivity index (χ4v) is 5.94. The summed E-state index contributed by atoms with van der Waals surface area (Å²) in [5.74, 6) is 0.586. The molecule has 1 heterocycles. The van der Waals surface area contributed by atoms with Crippen LogP contribution in [-0.4, -0.2) is 29.7 Å². The van der Waals surface area contributed by atoms with Crippen LogP contribution in [0.5, 0.6) is 5.75 Å². The summed E-state index contributed by atoms with van der Waals surface area (Å²) in [7, 11) is 1.34. The number of methoxy groups -OCH3 is 1. The molecule has 4 aromatic rings. The molecule has 6 nitrogen and oxygen atoms in total. The van der Waals surface area contributed by atoms with Crippen LogP contribution in [0, 0.1) is 12.8 Å². The van der Waals surface area contributed by atoms with Crippen molar-refractivity contribution in [3.8, 4) is 5.75 Å². The molecule has 0 aliphatic heterocycles. The Hall–Kier alpha value is -3.77. The zero-order chi connectivity index (χ0) is 31.4. The normalized spacial score (nSPS) is 14.3. The number of hydrogen-bond acceptors (Lipinski definition) is 4. The molecule has 1 aliphatic rings. The number of hydrogen-bond donors (Lipinski definition) is 1. The molecule has 1 fully saturated rings. The van der Waals surface area contributed by atoms with E-state index in [1.165, 1.54) is 49.6 Å². The summed E-state index contributed by atoms with van der Waals surface area (Å²) >= 11 is 6.41. The lowest BCUT2D eigenvalue weighted by Crippen LogP contribution is -2.26. The van der Waals surface area contributed by atoms with Crippen molar-refractivity contribution in [2.24, 2.45) is 5.92 Å². The lowest BCUT2D eigenvalue weighted by Gasteiger charge is -2.15. The zero-order valence-corrected chi connectivity index (χ0v) is 27.2. The number of unbranched alkanes of at least 4 members (excludes halogenated alkanes) is 1. The number of ether oxygens (including phenoxy) is 2. The molecule has 0 spiro atoms. The van der Waals surface area contributed by atoms with Gasteiger partial charge in [0.05, 0.1) is 18.2 Å². The van der Waals surface area contributed by atoms with Gasteiger partial charge in [-0.15, -0.1) is 0 Å². The van der Waals surface area contributed by atoms with Gasteiger partial charge in [-0.1, -0.05) is 61.3 Å². The molecule has 1 aromatic heterocycles. The highest BCUT2D eigenvalue weighted by molar-refractivity contribution is 6.32. The Morgan fingerprint density at radius 2 is 1.75 bits per heavy atom. The molecule has 3 aromatic carbocycles. The van der Waals surface area contributed by atoms with Crippen molar-refractivity contribution < 1.29 is 19.1 Å². The van der Waals surface area contributed by atoms with Crippen molar-refractivity contribution in [3.05, 3.63) is 99.2 Å². The third kappa shape index (κ3) is 7.29. The lowest BCUT2D eigenvalue weighted by atomic mass is 10.0. The summed E-state index contributed by atoms with van der Waals surface area (Å²) in [6.45, 7) is 8.99. The lowest BCUT2D eigenvalue weighted by molar-refractivity contribution is -0.147. The monoisotopic (exact) mass is 614 g/mol. The number of amides is 1. The SMILES string of the molecule is CCCCc1ccc([C@H](C)NC(=O)c2ccc3c(Cc4ccc(Cl)c(O[C@H](C)C(=O)OC)c4)c(C)n(CC4CC4)c3c2)cc1. The first-order chi connectivity index (χ1) is 21.2. The molecular weight excluding hydrogens is 572 g/mol. The molecule has 7 heteroatoms. The van der Waals surface area contributed by atoms with Crippen LogP contribution in [0.2, 0.25) is 5.02 Å². The van der Waals surface area contributed by atoms with Crippen molar-refractivity contribution in [1.29, 1.82) is 0 Å². The molecule has 1 aliphatic carbocycles. The minimum absolute atomic E-state index is 0.0768. The van der Waals surface area contributed by atoms with Gasteiger partial charge in [0.25, 0.3) is 5.91 Å². The average Bonchev–Trinajstić information content (AvgIpc) is 3.82. The first-order valence-corrected chi connectivity index (χ1v) is 16.1. The Morgan fingerprint density at radius 1 is 1.02 bits per heavy atom. The number of aryl methyl sites for hydroxylation is 1. The van der Waals surface area contributed by atoms with Crippen molar-refractivity contribution in [2.75, 3.05) is 7.11 Å². The van der Waals surface area contributed by atoms with E-state index < -0.39 is 12.1 Å². The van der Waals surface area contributed by atoms with Gasteiger partial charge in [0, 0.05) is 28.7 Å². The number of fused-ring (bicyclic) bond motifs is 1. The summed E-state index contributed by atoms with van der Waals surface area (Å²) in [5, 5.41) is 4.78. The average molecular weight is 615 g/mol. The van der Waals surface area contributed by atoms with Crippen LogP contribution in [0.4, 0.5) is 0 Å². The summed E-state index contributed by atoms with van der Waals surface area (Å²) in [4.78, 5) is 25.4. The molecule has 1 saturated carbocycles. The van der Waals surface area contributed by atoms with Crippen LogP contribution in [0.25, 0.3) is 10.9 Å². The van der Waals surface area contributed by atoms with Crippen molar-refractivity contribution in [1.82, 2.24) is 9.88 Å². The molecule has 1 amide bonds. The van der Waals surface area contributed by atoms with E-state index >= 15 is 0 Å². The first kappa shape index (κ1) is 31.6. The maximum atomic E-state index is 13.5. The Bertz CT molecular complexity index is 1640. The van der Waals surface area contributed by atoms with Gasteiger partial charge < -0.3 is 19.4 Å². The third-order valence-electron chi connectivity index (χ3n) is 8.71. The minimum atomic E-state index is -0.771. The van der Waals surface area contributed by atoms with Crippen molar-refractivity contribution >= 4 is 34.4 Å². The summed E-state index contributed by atoms with van der Waals surface area (Å²) in [6, 6.07) is 20.2. The Kier molecular flexibility index (Phi) is 10.00. The van der Waals surface area contributed by atoms with E-state index in [0.29, 0.717) is 28.7 Å². The number of carbonyl (C=O) groups is 2.